The maximum Gasteiger partial charge on any atom is 0.244 e. The molecule has 3 fully saturated rings. The average Bonchev–Trinajstić information content (AvgIpc) is 3.10. The average molecular weight is 350 g/mol. The van der Waals surface area contributed by atoms with Gasteiger partial charge in [-0.15, -0.1) is 0 Å². The van der Waals surface area contributed by atoms with Gasteiger partial charge in [0.05, 0.1) is 6.04 Å². The Balaban J connectivity index is 1.42. The molecule has 1 atom stereocenters. The molecule has 7 nitrogen and oxygen atoms in total. The van der Waals surface area contributed by atoms with Crippen LogP contribution in [0.15, 0.2) is 23.2 Å². The zero-order valence-corrected chi connectivity index (χ0v) is 14.3. The van der Waals surface area contributed by atoms with Gasteiger partial charge in [-0.1, -0.05) is 0 Å². The van der Waals surface area contributed by atoms with E-state index >= 15 is 0 Å². The predicted molar refractivity (Wildman–Crippen MR) is 89.0 cm³/mol. The van der Waals surface area contributed by atoms with Crippen LogP contribution in [0.25, 0.3) is 0 Å². The number of hydrogen-bond acceptors (Lipinski definition) is 5. The second kappa shape index (κ2) is 6.00. The highest BCUT2D eigenvalue weighted by Crippen LogP contribution is 2.31. The number of nitrogens with one attached hydrogen (secondary N) is 1. The third-order valence-corrected chi connectivity index (χ3v) is 6.82. The van der Waals surface area contributed by atoms with E-state index in [2.05, 4.69) is 10.3 Å². The minimum absolute atomic E-state index is 0.0478. The largest absolute Gasteiger partial charge is 0.365 e. The first-order valence-corrected chi connectivity index (χ1v) is 10.0. The van der Waals surface area contributed by atoms with E-state index < -0.39 is 10.0 Å². The van der Waals surface area contributed by atoms with Crippen LogP contribution in [0.1, 0.15) is 32.1 Å². The third-order valence-electron chi connectivity index (χ3n) is 4.94. The topological polar surface area (TPSA) is 82.6 Å². The molecule has 0 bridgehead atoms. The zero-order valence-electron chi connectivity index (χ0n) is 13.5. The van der Waals surface area contributed by atoms with Crippen molar-refractivity contribution < 1.29 is 13.2 Å². The van der Waals surface area contributed by atoms with E-state index in [4.69, 9.17) is 0 Å². The molecule has 0 aromatic carbocycles. The van der Waals surface area contributed by atoms with Gasteiger partial charge in [-0.05, 0) is 37.8 Å². The van der Waals surface area contributed by atoms with E-state index in [1.54, 1.807) is 12.1 Å². The van der Waals surface area contributed by atoms with E-state index in [0.717, 1.165) is 25.7 Å². The van der Waals surface area contributed by atoms with E-state index in [0.29, 0.717) is 37.9 Å². The Kier molecular flexibility index (Phi) is 3.96. The Morgan fingerprint density at radius 3 is 2.54 bits per heavy atom. The van der Waals surface area contributed by atoms with Crippen molar-refractivity contribution >= 4 is 21.7 Å². The van der Waals surface area contributed by atoms with Crippen LogP contribution < -0.4 is 5.32 Å². The summed E-state index contributed by atoms with van der Waals surface area (Å²) in [4.78, 5) is 18.4. The molecule has 1 amide bonds. The Hall–Kier alpha value is -1.67. The number of aromatic nitrogens is 1. The summed E-state index contributed by atoms with van der Waals surface area (Å²) < 4.78 is 26.5. The number of hydrogen-bond donors (Lipinski definition) is 1. The van der Waals surface area contributed by atoms with Crippen molar-refractivity contribution in [3.63, 3.8) is 0 Å². The van der Waals surface area contributed by atoms with Crippen molar-refractivity contribution in [3.8, 4) is 0 Å². The molecule has 1 N–H and O–H groups in total. The highest BCUT2D eigenvalue weighted by atomic mass is 32.2. The van der Waals surface area contributed by atoms with Gasteiger partial charge < -0.3 is 10.2 Å². The van der Waals surface area contributed by atoms with E-state index in [1.165, 1.54) is 10.5 Å². The minimum Gasteiger partial charge on any atom is -0.365 e. The first-order chi connectivity index (χ1) is 11.5. The lowest BCUT2D eigenvalue weighted by Crippen LogP contribution is -2.30. The van der Waals surface area contributed by atoms with Crippen molar-refractivity contribution in [2.45, 2.75) is 49.1 Å². The number of carbonyl (C=O) groups excluding carboxylic acids is 1. The smallest absolute Gasteiger partial charge is 0.244 e. The van der Waals surface area contributed by atoms with Gasteiger partial charge >= 0.3 is 0 Å². The van der Waals surface area contributed by atoms with Crippen LogP contribution in [0.3, 0.4) is 0 Å². The molecule has 1 aromatic rings. The summed E-state index contributed by atoms with van der Waals surface area (Å²) in [6.45, 7) is 1.88. The molecular formula is C16H22N4O3S. The normalized spacial score (nSPS) is 25.4. The van der Waals surface area contributed by atoms with Crippen LogP contribution in [0, 0.1) is 0 Å². The van der Waals surface area contributed by atoms with Gasteiger partial charge in [0, 0.05) is 38.3 Å². The Morgan fingerprint density at radius 1 is 1.17 bits per heavy atom. The van der Waals surface area contributed by atoms with Gasteiger partial charge in [-0.3, -0.25) is 4.79 Å². The Bertz CT molecular complexity index is 724. The lowest BCUT2D eigenvalue weighted by atomic mass is 10.2. The third kappa shape index (κ3) is 3.00. The number of sulfonamides is 1. The summed E-state index contributed by atoms with van der Waals surface area (Å²) >= 11 is 0. The first kappa shape index (κ1) is 15.8. The van der Waals surface area contributed by atoms with Crippen molar-refractivity contribution in [2.24, 2.45) is 0 Å². The molecule has 0 spiro atoms. The molecule has 2 aliphatic heterocycles. The number of nitrogens with zero attached hydrogens (tertiary/aromatic N) is 3. The van der Waals surface area contributed by atoms with Crippen LogP contribution in [-0.4, -0.2) is 60.2 Å². The van der Waals surface area contributed by atoms with Crippen LogP contribution in [0.4, 0.5) is 5.82 Å². The van der Waals surface area contributed by atoms with Crippen LogP contribution in [-0.2, 0) is 14.8 Å². The van der Waals surface area contributed by atoms with Crippen molar-refractivity contribution in [1.29, 1.82) is 0 Å². The van der Waals surface area contributed by atoms with Crippen LogP contribution in [0.2, 0.25) is 0 Å². The number of amides is 1. The standard InChI is InChI=1S/C16H22N4O3S/c21-16-9-12(11-20(16)13-3-4-13)18-15-6-5-14(10-17-15)24(22,23)19-7-1-2-8-19/h5-6,10,12-13H,1-4,7-9,11H2,(H,17,18). The van der Waals surface area contributed by atoms with E-state index in [1.807, 2.05) is 4.90 Å². The highest BCUT2D eigenvalue weighted by Gasteiger charge is 2.39. The molecule has 24 heavy (non-hydrogen) atoms. The molecule has 1 unspecified atom stereocenters. The van der Waals surface area contributed by atoms with Crippen molar-refractivity contribution in [3.05, 3.63) is 18.3 Å². The molecule has 1 aliphatic carbocycles. The Labute approximate surface area is 142 Å². The highest BCUT2D eigenvalue weighted by molar-refractivity contribution is 7.89. The molecule has 3 heterocycles. The monoisotopic (exact) mass is 350 g/mol. The van der Waals surface area contributed by atoms with Gasteiger partial charge in [0.15, 0.2) is 0 Å². The molecule has 1 aromatic heterocycles. The molecule has 8 heteroatoms. The predicted octanol–water partition coefficient (Wildman–Crippen LogP) is 1.04. The summed E-state index contributed by atoms with van der Waals surface area (Å²) in [5, 5.41) is 3.25. The van der Waals surface area contributed by atoms with Crippen molar-refractivity contribution in [1.82, 2.24) is 14.2 Å². The number of anilines is 1. The Morgan fingerprint density at radius 2 is 1.92 bits per heavy atom. The summed E-state index contributed by atoms with van der Waals surface area (Å²) in [5.74, 6) is 0.814. The van der Waals surface area contributed by atoms with Gasteiger partial charge in [0.25, 0.3) is 0 Å². The summed E-state index contributed by atoms with van der Waals surface area (Å²) in [5.41, 5.74) is 0. The van der Waals surface area contributed by atoms with Crippen LogP contribution in [0.5, 0.6) is 0 Å². The number of likely N-dealkylation sites (tertiary alicyclic amines) is 1. The van der Waals surface area contributed by atoms with E-state index in [9.17, 15) is 13.2 Å². The fourth-order valence-corrected chi connectivity index (χ4v) is 4.94. The van der Waals surface area contributed by atoms with Gasteiger partial charge in [0.2, 0.25) is 15.9 Å². The number of carbonyl (C=O) groups is 1. The second-order valence-corrected chi connectivity index (χ2v) is 8.75. The lowest BCUT2D eigenvalue weighted by Gasteiger charge is -2.17. The zero-order chi connectivity index (χ0) is 16.7. The maximum absolute atomic E-state index is 12.5. The number of pyridine rings is 1. The fraction of sp³-hybridized carbons (Fsp3) is 0.625. The summed E-state index contributed by atoms with van der Waals surface area (Å²) in [7, 11) is -3.42. The minimum atomic E-state index is -3.42. The molecule has 3 aliphatic rings. The molecule has 0 radical (unpaired) electrons. The van der Waals surface area contributed by atoms with Gasteiger partial charge in [0.1, 0.15) is 10.7 Å². The maximum atomic E-state index is 12.5. The fourth-order valence-electron chi connectivity index (χ4n) is 3.47. The lowest BCUT2D eigenvalue weighted by molar-refractivity contribution is -0.128. The second-order valence-electron chi connectivity index (χ2n) is 6.81. The van der Waals surface area contributed by atoms with E-state index in [-0.39, 0.29) is 16.8 Å². The molecule has 130 valence electrons. The summed E-state index contributed by atoms with van der Waals surface area (Å²) in [6, 6.07) is 3.77. The quantitative estimate of drug-likeness (QED) is 0.858. The molecular weight excluding hydrogens is 328 g/mol. The summed E-state index contributed by atoms with van der Waals surface area (Å²) in [6.07, 6.45) is 5.94. The van der Waals surface area contributed by atoms with Crippen molar-refractivity contribution in [2.75, 3.05) is 25.0 Å². The molecule has 4 rings (SSSR count). The first-order valence-electron chi connectivity index (χ1n) is 8.56. The molecule has 2 saturated heterocycles. The SMILES string of the molecule is O=C1CC(Nc2ccc(S(=O)(=O)N3CCCC3)cn2)CN1C1CC1. The van der Waals surface area contributed by atoms with Crippen LogP contribution >= 0.6 is 0 Å². The van der Waals surface area contributed by atoms with Gasteiger partial charge in [-0.2, -0.15) is 4.31 Å². The molecule has 1 saturated carbocycles. The van der Waals surface area contributed by atoms with Gasteiger partial charge in [-0.25, -0.2) is 13.4 Å². The number of rotatable bonds is 5.